The molecule has 1 saturated heterocycles. The molecular formula is C9H14O4. The van der Waals surface area contributed by atoms with Gasteiger partial charge in [0.25, 0.3) is 0 Å². The summed E-state index contributed by atoms with van der Waals surface area (Å²) in [6.07, 6.45) is 0.973. The van der Waals surface area contributed by atoms with Gasteiger partial charge in [0.2, 0.25) is 0 Å². The molecule has 0 aromatic heterocycles. The van der Waals surface area contributed by atoms with Crippen LogP contribution in [0.2, 0.25) is 0 Å². The zero-order chi connectivity index (χ0) is 9.84. The molecule has 0 radical (unpaired) electrons. The van der Waals surface area contributed by atoms with E-state index in [4.69, 9.17) is 9.47 Å². The highest BCUT2D eigenvalue weighted by Gasteiger charge is 2.34. The Hall–Kier alpha value is -1.06. The molecule has 4 heteroatoms. The fourth-order valence-corrected chi connectivity index (χ4v) is 1.15. The maximum Gasteiger partial charge on any atom is 0.348 e. The number of hydrogen-bond donors (Lipinski definition) is 0. The second kappa shape index (κ2) is 4.25. The van der Waals surface area contributed by atoms with E-state index in [0.29, 0.717) is 6.42 Å². The van der Waals surface area contributed by atoms with Crippen LogP contribution in [-0.2, 0) is 19.1 Å². The quantitative estimate of drug-likeness (QED) is 0.618. The molecule has 0 bridgehead atoms. The topological polar surface area (TPSA) is 52.6 Å². The molecule has 0 amide bonds. The van der Waals surface area contributed by atoms with Crippen molar-refractivity contribution in [1.82, 2.24) is 0 Å². The van der Waals surface area contributed by atoms with Gasteiger partial charge in [-0.05, 0) is 19.8 Å². The van der Waals surface area contributed by atoms with Crippen molar-refractivity contribution >= 4 is 11.9 Å². The molecule has 0 aromatic rings. The Morgan fingerprint density at radius 1 is 1.23 bits per heavy atom. The zero-order valence-electron chi connectivity index (χ0n) is 7.91. The second-order valence-corrected chi connectivity index (χ2v) is 3.15. The van der Waals surface area contributed by atoms with E-state index in [9.17, 15) is 9.59 Å². The molecule has 4 nitrogen and oxygen atoms in total. The average molecular weight is 186 g/mol. The summed E-state index contributed by atoms with van der Waals surface area (Å²) in [7, 11) is 0. The van der Waals surface area contributed by atoms with Gasteiger partial charge >= 0.3 is 11.9 Å². The number of hydrogen-bond acceptors (Lipinski definition) is 4. The SMILES string of the molecule is CCCCC1OC(=O)C(C)OC1=O. The number of cyclic esters (lactones) is 2. The van der Waals surface area contributed by atoms with Crippen LogP contribution in [0.15, 0.2) is 0 Å². The fraction of sp³-hybridized carbons (Fsp3) is 0.778. The molecule has 0 N–H and O–H groups in total. The number of unbranched alkanes of at least 4 members (excludes halogenated alkanes) is 1. The third-order valence-electron chi connectivity index (χ3n) is 1.97. The van der Waals surface area contributed by atoms with Crippen molar-refractivity contribution in [1.29, 1.82) is 0 Å². The number of rotatable bonds is 3. The summed E-state index contributed by atoms with van der Waals surface area (Å²) in [6, 6.07) is 0. The minimum Gasteiger partial charge on any atom is -0.448 e. The standard InChI is InChI=1S/C9H14O4/c1-3-4-5-7-9(11)12-6(2)8(10)13-7/h6-7H,3-5H2,1-2H3. The van der Waals surface area contributed by atoms with E-state index in [-0.39, 0.29) is 0 Å². The molecule has 13 heavy (non-hydrogen) atoms. The molecule has 0 aromatic carbocycles. The molecule has 1 aliphatic rings. The molecule has 0 saturated carbocycles. The van der Waals surface area contributed by atoms with Crippen LogP contribution >= 0.6 is 0 Å². The van der Waals surface area contributed by atoms with Crippen molar-refractivity contribution in [3.63, 3.8) is 0 Å². The Labute approximate surface area is 77.2 Å². The predicted octanol–water partition coefficient (Wildman–Crippen LogP) is 1.03. The summed E-state index contributed by atoms with van der Waals surface area (Å²) in [5.74, 6) is -0.860. The predicted molar refractivity (Wildman–Crippen MR) is 45.0 cm³/mol. The molecule has 74 valence electrons. The van der Waals surface area contributed by atoms with E-state index in [1.807, 2.05) is 6.92 Å². The van der Waals surface area contributed by atoms with E-state index < -0.39 is 24.1 Å². The minimum atomic E-state index is -0.745. The number of ether oxygens (including phenoxy) is 2. The lowest BCUT2D eigenvalue weighted by molar-refractivity contribution is -0.193. The molecule has 0 aliphatic carbocycles. The van der Waals surface area contributed by atoms with Crippen LogP contribution in [0.3, 0.4) is 0 Å². The lowest BCUT2D eigenvalue weighted by atomic mass is 10.1. The molecule has 1 rings (SSSR count). The summed E-state index contributed by atoms with van der Waals surface area (Å²) in [4.78, 5) is 22.2. The highest BCUT2D eigenvalue weighted by molar-refractivity contribution is 5.87. The van der Waals surface area contributed by atoms with Crippen LogP contribution in [0, 0.1) is 0 Å². The van der Waals surface area contributed by atoms with Gasteiger partial charge in [-0.25, -0.2) is 9.59 Å². The third-order valence-corrected chi connectivity index (χ3v) is 1.97. The smallest absolute Gasteiger partial charge is 0.348 e. The van der Waals surface area contributed by atoms with Gasteiger partial charge in [-0.15, -0.1) is 0 Å². The number of carbonyl (C=O) groups excluding carboxylic acids is 2. The van der Waals surface area contributed by atoms with Crippen LogP contribution in [0.1, 0.15) is 33.1 Å². The first-order chi connectivity index (χ1) is 6.15. The van der Waals surface area contributed by atoms with Gasteiger partial charge in [0.1, 0.15) is 0 Å². The monoisotopic (exact) mass is 186 g/mol. The van der Waals surface area contributed by atoms with Crippen LogP contribution in [0.25, 0.3) is 0 Å². The second-order valence-electron chi connectivity index (χ2n) is 3.15. The summed E-state index contributed by atoms with van der Waals surface area (Å²) in [6.45, 7) is 3.52. The van der Waals surface area contributed by atoms with Crippen LogP contribution in [0.5, 0.6) is 0 Å². The van der Waals surface area contributed by atoms with Gasteiger partial charge in [0.15, 0.2) is 12.2 Å². The van der Waals surface area contributed by atoms with Crippen LogP contribution < -0.4 is 0 Å². The Morgan fingerprint density at radius 3 is 2.54 bits per heavy atom. The van der Waals surface area contributed by atoms with Crippen molar-refractivity contribution in [2.24, 2.45) is 0 Å². The van der Waals surface area contributed by atoms with E-state index in [2.05, 4.69) is 0 Å². The fourth-order valence-electron chi connectivity index (χ4n) is 1.15. The van der Waals surface area contributed by atoms with Gasteiger partial charge in [0.05, 0.1) is 0 Å². The average Bonchev–Trinajstić information content (AvgIpc) is 2.09. The van der Waals surface area contributed by atoms with E-state index in [0.717, 1.165) is 12.8 Å². The largest absolute Gasteiger partial charge is 0.448 e. The lowest BCUT2D eigenvalue weighted by Gasteiger charge is -2.25. The van der Waals surface area contributed by atoms with Gasteiger partial charge in [-0.1, -0.05) is 13.3 Å². The Balaban J connectivity index is 2.46. The summed E-state index contributed by atoms with van der Waals surface area (Å²) < 4.78 is 9.69. The normalized spacial score (nSPS) is 28.2. The Bertz CT molecular complexity index is 212. The van der Waals surface area contributed by atoms with E-state index >= 15 is 0 Å². The van der Waals surface area contributed by atoms with Gasteiger partial charge in [-0.3, -0.25) is 0 Å². The van der Waals surface area contributed by atoms with E-state index in [1.165, 1.54) is 6.92 Å². The van der Waals surface area contributed by atoms with Crippen molar-refractivity contribution in [3.05, 3.63) is 0 Å². The Morgan fingerprint density at radius 2 is 1.92 bits per heavy atom. The molecule has 1 heterocycles. The first-order valence-electron chi connectivity index (χ1n) is 4.56. The van der Waals surface area contributed by atoms with Crippen LogP contribution in [0.4, 0.5) is 0 Å². The Kier molecular flexibility index (Phi) is 3.28. The minimum absolute atomic E-state index is 0.416. The highest BCUT2D eigenvalue weighted by atomic mass is 16.6. The summed E-state index contributed by atoms with van der Waals surface area (Å²) >= 11 is 0. The zero-order valence-corrected chi connectivity index (χ0v) is 7.91. The summed E-state index contributed by atoms with van der Waals surface area (Å²) in [5.41, 5.74) is 0. The van der Waals surface area contributed by atoms with Crippen LogP contribution in [-0.4, -0.2) is 24.1 Å². The molecular weight excluding hydrogens is 172 g/mol. The van der Waals surface area contributed by atoms with Crippen molar-refractivity contribution in [2.75, 3.05) is 0 Å². The van der Waals surface area contributed by atoms with Crippen molar-refractivity contribution in [3.8, 4) is 0 Å². The number of carbonyl (C=O) groups is 2. The molecule has 0 spiro atoms. The third kappa shape index (κ3) is 2.44. The van der Waals surface area contributed by atoms with Crippen molar-refractivity contribution < 1.29 is 19.1 Å². The maximum absolute atomic E-state index is 11.2. The molecule has 2 atom stereocenters. The molecule has 1 fully saturated rings. The highest BCUT2D eigenvalue weighted by Crippen LogP contribution is 2.14. The van der Waals surface area contributed by atoms with Gasteiger partial charge < -0.3 is 9.47 Å². The van der Waals surface area contributed by atoms with E-state index in [1.54, 1.807) is 0 Å². The maximum atomic E-state index is 11.2. The molecule has 2 unspecified atom stereocenters. The van der Waals surface area contributed by atoms with Gasteiger partial charge in [0, 0.05) is 0 Å². The molecule has 1 aliphatic heterocycles. The van der Waals surface area contributed by atoms with Gasteiger partial charge in [-0.2, -0.15) is 0 Å². The summed E-state index contributed by atoms with van der Waals surface area (Å²) in [5, 5.41) is 0. The lowest BCUT2D eigenvalue weighted by Crippen LogP contribution is -2.42. The van der Waals surface area contributed by atoms with Crippen molar-refractivity contribution in [2.45, 2.75) is 45.3 Å². The first-order valence-corrected chi connectivity index (χ1v) is 4.56. The number of esters is 2. The first kappa shape index (κ1) is 10.0.